The largest absolute Gasteiger partial charge is 0.350 e. The van der Waals surface area contributed by atoms with Crippen molar-refractivity contribution in [3.63, 3.8) is 0 Å². The maximum atomic E-state index is 12.1. The molecule has 1 aliphatic heterocycles. The summed E-state index contributed by atoms with van der Waals surface area (Å²) in [6.45, 7) is 6.10. The first-order valence-electron chi connectivity index (χ1n) is 7.97. The number of benzene rings is 1. The summed E-state index contributed by atoms with van der Waals surface area (Å²) >= 11 is 0. The van der Waals surface area contributed by atoms with Crippen LogP contribution in [0.25, 0.3) is 11.4 Å². The zero-order valence-electron chi connectivity index (χ0n) is 13.9. The van der Waals surface area contributed by atoms with E-state index in [9.17, 15) is 4.79 Å². The van der Waals surface area contributed by atoms with Crippen molar-refractivity contribution in [2.45, 2.75) is 32.9 Å². The van der Waals surface area contributed by atoms with Crippen molar-refractivity contribution < 1.29 is 4.79 Å². The average molecular weight is 351 g/mol. The van der Waals surface area contributed by atoms with Gasteiger partial charge < -0.3 is 10.6 Å². The van der Waals surface area contributed by atoms with Crippen molar-refractivity contribution in [3.05, 3.63) is 29.8 Å². The molecule has 1 fully saturated rings. The van der Waals surface area contributed by atoms with Crippen LogP contribution in [-0.2, 0) is 11.3 Å². The molecule has 130 valence electrons. The van der Waals surface area contributed by atoms with Crippen molar-refractivity contribution in [1.29, 1.82) is 0 Å². The Morgan fingerprint density at radius 3 is 2.83 bits per heavy atom. The van der Waals surface area contributed by atoms with Crippen molar-refractivity contribution in [2.75, 3.05) is 13.1 Å². The number of carbonyl (C=O) groups is 1. The van der Waals surface area contributed by atoms with Crippen LogP contribution in [0.5, 0.6) is 0 Å². The van der Waals surface area contributed by atoms with Gasteiger partial charge in [-0.15, -0.1) is 22.6 Å². The molecule has 2 unspecified atom stereocenters. The number of hydrogen-bond donors (Lipinski definition) is 2. The highest BCUT2D eigenvalue weighted by Gasteiger charge is 2.22. The predicted molar refractivity (Wildman–Crippen MR) is 93.8 cm³/mol. The normalized spacial score (nSPS) is 20.2. The van der Waals surface area contributed by atoms with Crippen molar-refractivity contribution in [3.8, 4) is 11.4 Å². The summed E-state index contributed by atoms with van der Waals surface area (Å²) in [7, 11) is 0. The Morgan fingerprint density at radius 1 is 1.38 bits per heavy atom. The molecule has 0 radical (unpaired) electrons. The van der Waals surface area contributed by atoms with Crippen molar-refractivity contribution in [1.82, 2.24) is 30.8 Å². The maximum absolute atomic E-state index is 12.1. The molecule has 0 bridgehead atoms. The van der Waals surface area contributed by atoms with Crippen LogP contribution < -0.4 is 10.6 Å². The molecule has 3 rings (SSSR count). The highest BCUT2D eigenvalue weighted by molar-refractivity contribution is 5.85. The highest BCUT2D eigenvalue weighted by atomic mass is 35.5. The van der Waals surface area contributed by atoms with Crippen LogP contribution in [0, 0.1) is 12.8 Å². The molecular weight excluding hydrogens is 328 g/mol. The molecule has 0 saturated carbocycles. The van der Waals surface area contributed by atoms with Crippen molar-refractivity contribution >= 4 is 18.3 Å². The van der Waals surface area contributed by atoms with Gasteiger partial charge in [0, 0.05) is 18.2 Å². The molecule has 7 nitrogen and oxygen atoms in total. The second-order valence-corrected chi connectivity index (χ2v) is 6.15. The molecule has 24 heavy (non-hydrogen) atoms. The minimum atomic E-state index is -0.0848. The van der Waals surface area contributed by atoms with E-state index in [0.29, 0.717) is 11.7 Å². The first-order chi connectivity index (χ1) is 11.1. The molecule has 1 aromatic carbocycles. The first-order valence-corrected chi connectivity index (χ1v) is 7.97. The number of hydrogen-bond acceptors (Lipinski definition) is 5. The van der Waals surface area contributed by atoms with Crippen LogP contribution in [-0.4, -0.2) is 45.2 Å². The Morgan fingerprint density at radius 2 is 2.12 bits per heavy atom. The smallest absolute Gasteiger partial charge is 0.243 e. The summed E-state index contributed by atoms with van der Waals surface area (Å²) in [5.41, 5.74) is 2.07. The van der Waals surface area contributed by atoms with Crippen molar-refractivity contribution in [2.24, 2.45) is 5.92 Å². The summed E-state index contributed by atoms with van der Waals surface area (Å²) in [5, 5.41) is 18.6. The second kappa shape index (κ2) is 8.21. The number of aromatic nitrogens is 4. The molecule has 2 aromatic rings. The van der Waals surface area contributed by atoms with E-state index in [1.165, 1.54) is 10.4 Å². The van der Waals surface area contributed by atoms with E-state index in [1.54, 1.807) is 0 Å². The van der Waals surface area contributed by atoms with E-state index in [-0.39, 0.29) is 30.9 Å². The lowest BCUT2D eigenvalue weighted by Gasteiger charge is -2.30. The first kappa shape index (κ1) is 18.4. The third kappa shape index (κ3) is 4.52. The summed E-state index contributed by atoms with van der Waals surface area (Å²) in [6.07, 6.45) is 1.07. The molecule has 1 aliphatic rings. The van der Waals surface area contributed by atoms with E-state index >= 15 is 0 Å². The molecule has 0 spiro atoms. The number of carbonyl (C=O) groups excluding carboxylic acids is 1. The molecular formula is C16H23ClN6O. The van der Waals surface area contributed by atoms with E-state index < -0.39 is 0 Å². The van der Waals surface area contributed by atoms with E-state index in [2.05, 4.69) is 33.0 Å². The minimum Gasteiger partial charge on any atom is -0.350 e. The fourth-order valence-electron chi connectivity index (χ4n) is 2.69. The standard InChI is InChI=1S/C16H22N6O.ClH/c1-11-3-5-13(6-4-11)16-19-21-22(20-16)10-15(23)18-14-9-17-8-7-12(14)2;/h3-6,12,14,17H,7-10H2,1-2H3,(H,18,23);1H. The lowest BCUT2D eigenvalue weighted by Crippen LogP contribution is -2.51. The van der Waals surface area contributed by atoms with Gasteiger partial charge in [-0.25, -0.2) is 0 Å². The molecule has 8 heteroatoms. The van der Waals surface area contributed by atoms with Gasteiger partial charge in [0.05, 0.1) is 0 Å². The number of halogens is 1. The van der Waals surface area contributed by atoms with Crippen LogP contribution in [0.4, 0.5) is 0 Å². The van der Waals surface area contributed by atoms with Gasteiger partial charge in [0.1, 0.15) is 6.54 Å². The van der Waals surface area contributed by atoms with Crippen LogP contribution in [0.3, 0.4) is 0 Å². The number of piperidine rings is 1. The van der Waals surface area contributed by atoms with Crippen LogP contribution in [0.1, 0.15) is 18.9 Å². The number of amides is 1. The zero-order chi connectivity index (χ0) is 16.2. The second-order valence-electron chi connectivity index (χ2n) is 6.15. The van der Waals surface area contributed by atoms with Gasteiger partial charge in [-0.3, -0.25) is 4.79 Å². The van der Waals surface area contributed by atoms with Crippen LogP contribution in [0.2, 0.25) is 0 Å². The summed E-state index contributed by atoms with van der Waals surface area (Å²) in [6, 6.07) is 8.06. The fraction of sp³-hybridized carbons (Fsp3) is 0.500. The molecule has 2 atom stereocenters. The Balaban J connectivity index is 0.00000208. The fourth-order valence-corrected chi connectivity index (χ4v) is 2.69. The topological polar surface area (TPSA) is 84.7 Å². The van der Waals surface area contributed by atoms with Gasteiger partial charge in [-0.2, -0.15) is 4.80 Å². The molecule has 2 N–H and O–H groups in total. The molecule has 0 aliphatic carbocycles. The monoisotopic (exact) mass is 350 g/mol. The minimum absolute atomic E-state index is 0. The number of nitrogens with zero attached hydrogens (tertiary/aromatic N) is 4. The molecule has 2 heterocycles. The van der Waals surface area contributed by atoms with E-state index in [4.69, 9.17) is 0 Å². The highest BCUT2D eigenvalue weighted by Crippen LogP contribution is 2.14. The number of rotatable bonds is 4. The maximum Gasteiger partial charge on any atom is 0.243 e. The summed E-state index contributed by atoms with van der Waals surface area (Å²) in [5.74, 6) is 0.927. The Labute approximate surface area is 147 Å². The van der Waals surface area contributed by atoms with Gasteiger partial charge in [0.15, 0.2) is 0 Å². The molecule has 1 aromatic heterocycles. The van der Waals surface area contributed by atoms with E-state index in [1.807, 2.05) is 31.2 Å². The van der Waals surface area contributed by atoms with E-state index in [0.717, 1.165) is 25.1 Å². The number of nitrogens with one attached hydrogen (secondary N) is 2. The SMILES string of the molecule is Cc1ccc(-c2nnn(CC(=O)NC3CNCCC3C)n2)cc1.Cl. The predicted octanol–water partition coefficient (Wildman–Crippen LogP) is 1.18. The zero-order valence-corrected chi connectivity index (χ0v) is 14.7. The van der Waals surface area contributed by atoms with Gasteiger partial charge in [0.25, 0.3) is 0 Å². The van der Waals surface area contributed by atoms with Gasteiger partial charge in [-0.1, -0.05) is 36.8 Å². The van der Waals surface area contributed by atoms with Gasteiger partial charge >= 0.3 is 0 Å². The summed E-state index contributed by atoms with van der Waals surface area (Å²) in [4.78, 5) is 13.5. The Bertz CT molecular complexity index is 671. The van der Waals surface area contributed by atoms with Gasteiger partial charge in [-0.05, 0) is 31.0 Å². The third-order valence-electron chi connectivity index (χ3n) is 4.22. The lowest BCUT2D eigenvalue weighted by atomic mass is 9.95. The quantitative estimate of drug-likeness (QED) is 0.865. The Hall–Kier alpha value is -1.99. The Kier molecular flexibility index (Phi) is 6.28. The van der Waals surface area contributed by atoms with Crippen LogP contribution >= 0.6 is 12.4 Å². The average Bonchev–Trinajstić information content (AvgIpc) is 2.98. The third-order valence-corrected chi connectivity index (χ3v) is 4.22. The van der Waals surface area contributed by atoms with Gasteiger partial charge in [0.2, 0.25) is 11.7 Å². The lowest BCUT2D eigenvalue weighted by molar-refractivity contribution is -0.123. The molecule has 1 saturated heterocycles. The number of aryl methyl sites for hydroxylation is 1. The summed E-state index contributed by atoms with van der Waals surface area (Å²) < 4.78 is 0. The molecule has 1 amide bonds. The van der Waals surface area contributed by atoms with Crippen LogP contribution in [0.15, 0.2) is 24.3 Å². The number of tetrazole rings is 1.